The number of hydrogen-bond acceptors (Lipinski definition) is 5. The average molecular weight is 340 g/mol. The topological polar surface area (TPSA) is 96.7 Å². The van der Waals surface area contributed by atoms with Crippen molar-refractivity contribution >= 4 is 22.5 Å². The van der Waals surface area contributed by atoms with Crippen molar-refractivity contribution in [2.24, 2.45) is 0 Å². The van der Waals surface area contributed by atoms with Gasteiger partial charge in [-0.2, -0.15) is 5.21 Å². The molecule has 4 aromatic rings. The fraction of sp³-hybridized carbons (Fsp3) is 0. The quantitative estimate of drug-likeness (QED) is 0.585. The molecule has 0 saturated heterocycles. The summed E-state index contributed by atoms with van der Waals surface area (Å²) >= 11 is 6.09. The van der Waals surface area contributed by atoms with E-state index in [0.717, 1.165) is 0 Å². The monoisotopic (exact) mass is 339 g/mol. The molecule has 7 nitrogen and oxygen atoms in total. The van der Waals surface area contributed by atoms with Gasteiger partial charge in [0, 0.05) is 16.5 Å². The van der Waals surface area contributed by atoms with Crippen LogP contribution >= 0.6 is 11.6 Å². The maximum atomic E-state index is 12.4. The van der Waals surface area contributed by atoms with Gasteiger partial charge >= 0.3 is 0 Å². The third-order valence-electron chi connectivity index (χ3n) is 3.67. The standard InChI is InChI=1S/C16H10ClN5O2/c17-9-5-6-14(23)12(7-9)22-11-4-2-1-3-10(11)15(24)8-13(22)16-18-20-21-19-16/h1-8,23H,(H,18,19,20,21). The molecule has 0 fully saturated rings. The summed E-state index contributed by atoms with van der Waals surface area (Å²) < 4.78 is 1.68. The van der Waals surface area contributed by atoms with E-state index < -0.39 is 0 Å². The fourth-order valence-electron chi connectivity index (χ4n) is 2.64. The molecule has 2 aromatic heterocycles. The lowest BCUT2D eigenvalue weighted by Crippen LogP contribution is -2.11. The molecule has 0 saturated carbocycles. The van der Waals surface area contributed by atoms with Crippen LogP contribution in [0.4, 0.5) is 0 Å². The molecule has 2 aromatic carbocycles. The first-order valence-corrected chi connectivity index (χ1v) is 7.40. The van der Waals surface area contributed by atoms with Crippen LogP contribution in [0.3, 0.4) is 0 Å². The number of tetrazole rings is 1. The van der Waals surface area contributed by atoms with Gasteiger partial charge in [-0.25, -0.2) is 0 Å². The first kappa shape index (κ1) is 14.4. The second kappa shape index (κ2) is 5.47. The van der Waals surface area contributed by atoms with Gasteiger partial charge in [0.1, 0.15) is 5.75 Å². The third kappa shape index (κ3) is 2.22. The van der Waals surface area contributed by atoms with Crippen molar-refractivity contribution in [3.8, 4) is 23.0 Å². The van der Waals surface area contributed by atoms with Crippen LogP contribution in [-0.4, -0.2) is 30.3 Å². The van der Waals surface area contributed by atoms with E-state index in [-0.39, 0.29) is 17.0 Å². The summed E-state index contributed by atoms with van der Waals surface area (Å²) in [6.07, 6.45) is 0. The number of aromatic nitrogens is 5. The Labute approximate surface area is 140 Å². The van der Waals surface area contributed by atoms with Crippen molar-refractivity contribution in [1.29, 1.82) is 0 Å². The van der Waals surface area contributed by atoms with Crippen LogP contribution in [0.2, 0.25) is 5.02 Å². The van der Waals surface area contributed by atoms with Crippen LogP contribution in [0.25, 0.3) is 28.1 Å². The molecule has 0 unspecified atom stereocenters. The molecule has 0 aliphatic rings. The number of fused-ring (bicyclic) bond motifs is 1. The molecule has 0 spiro atoms. The number of phenols is 1. The number of rotatable bonds is 2. The lowest BCUT2D eigenvalue weighted by atomic mass is 10.1. The van der Waals surface area contributed by atoms with E-state index >= 15 is 0 Å². The van der Waals surface area contributed by atoms with Crippen molar-refractivity contribution in [2.75, 3.05) is 0 Å². The van der Waals surface area contributed by atoms with Crippen LogP contribution in [0, 0.1) is 0 Å². The Bertz CT molecular complexity index is 1110. The Hall–Kier alpha value is -3.19. The lowest BCUT2D eigenvalue weighted by Gasteiger charge is -2.16. The molecule has 0 bridgehead atoms. The molecule has 0 amide bonds. The van der Waals surface area contributed by atoms with Crippen LogP contribution in [0.5, 0.6) is 5.75 Å². The number of nitrogens with one attached hydrogen (secondary N) is 1. The summed E-state index contributed by atoms with van der Waals surface area (Å²) in [7, 11) is 0. The predicted octanol–water partition coefficient (Wildman–Crippen LogP) is 2.53. The Morgan fingerprint density at radius 3 is 2.75 bits per heavy atom. The first-order valence-electron chi connectivity index (χ1n) is 7.02. The maximum Gasteiger partial charge on any atom is 0.221 e. The minimum absolute atomic E-state index is 0.0120. The van der Waals surface area contributed by atoms with E-state index in [2.05, 4.69) is 20.6 Å². The summed E-state index contributed by atoms with van der Waals surface area (Å²) in [5.74, 6) is 0.246. The molecule has 4 rings (SSSR count). The predicted molar refractivity (Wildman–Crippen MR) is 89.4 cm³/mol. The molecule has 0 radical (unpaired) electrons. The van der Waals surface area contributed by atoms with Gasteiger partial charge < -0.3 is 9.67 Å². The van der Waals surface area contributed by atoms with Gasteiger partial charge in [-0.05, 0) is 35.5 Å². The average Bonchev–Trinajstić information content (AvgIpc) is 3.12. The highest BCUT2D eigenvalue weighted by molar-refractivity contribution is 6.30. The first-order chi connectivity index (χ1) is 11.6. The minimum atomic E-state index is -0.178. The fourth-order valence-corrected chi connectivity index (χ4v) is 2.81. The summed E-state index contributed by atoms with van der Waals surface area (Å²) in [4.78, 5) is 12.4. The van der Waals surface area contributed by atoms with Crippen LogP contribution in [0.1, 0.15) is 0 Å². The van der Waals surface area contributed by atoms with Crippen molar-refractivity contribution in [3.63, 3.8) is 0 Å². The molecule has 8 heteroatoms. The smallest absolute Gasteiger partial charge is 0.221 e. The summed E-state index contributed by atoms with van der Waals surface area (Å²) in [5, 5.41) is 25.1. The highest BCUT2D eigenvalue weighted by atomic mass is 35.5. The van der Waals surface area contributed by atoms with Gasteiger partial charge in [-0.1, -0.05) is 23.7 Å². The van der Waals surface area contributed by atoms with Crippen LogP contribution < -0.4 is 5.43 Å². The number of benzene rings is 2. The maximum absolute atomic E-state index is 12.4. The Kier molecular flexibility index (Phi) is 3.28. The molecule has 0 aliphatic heterocycles. The van der Waals surface area contributed by atoms with E-state index in [1.54, 1.807) is 41.0 Å². The number of phenolic OH excluding ortho intramolecular Hbond substituents is 1. The zero-order chi connectivity index (χ0) is 16.7. The molecular formula is C16H10ClN5O2. The van der Waals surface area contributed by atoms with Crippen molar-refractivity contribution in [1.82, 2.24) is 25.2 Å². The number of halogens is 1. The molecule has 0 atom stereocenters. The van der Waals surface area contributed by atoms with E-state index in [1.165, 1.54) is 12.1 Å². The van der Waals surface area contributed by atoms with E-state index in [4.69, 9.17) is 11.6 Å². The normalized spacial score (nSPS) is 11.0. The zero-order valence-electron chi connectivity index (χ0n) is 12.1. The van der Waals surface area contributed by atoms with Crippen molar-refractivity contribution in [3.05, 3.63) is 63.8 Å². The van der Waals surface area contributed by atoms with Crippen LogP contribution in [0.15, 0.2) is 53.3 Å². The summed E-state index contributed by atoms with van der Waals surface area (Å²) in [6.45, 7) is 0. The number of para-hydroxylation sites is 1. The molecular weight excluding hydrogens is 330 g/mol. The largest absolute Gasteiger partial charge is 0.506 e. The molecule has 24 heavy (non-hydrogen) atoms. The van der Waals surface area contributed by atoms with Gasteiger partial charge in [0.15, 0.2) is 5.43 Å². The zero-order valence-corrected chi connectivity index (χ0v) is 12.9. The molecule has 0 aliphatic carbocycles. The van der Waals surface area contributed by atoms with Crippen molar-refractivity contribution < 1.29 is 5.11 Å². The van der Waals surface area contributed by atoms with E-state index in [1.807, 2.05) is 0 Å². The Morgan fingerprint density at radius 1 is 1.12 bits per heavy atom. The van der Waals surface area contributed by atoms with E-state index in [0.29, 0.717) is 27.3 Å². The Morgan fingerprint density at radius 2 is 1.96 bits per heavy atom. The van der Waals surface area contributed by atoms with Gasteiger partial charge in [-0.3, -0.25) is 4.79 Å². The van der Waals surface area contributed by atoms with E-state index in [9.17, 15) is 9.90 Å². The van der Waals surface area contributed by atoms with Gasteiger partial charge in [0.05, 0.1) is 16.9 Å². The van der Waals surface area contributed by atoms with Gasteiger partial charge in [-0.15, -0.1) is 10.2 Å². The minimum Gasteiger partial charge on any atom is -0.506 e. The SMILES string of the molecule is O=c1cc(-c2nn[nH]n2)n(-c2cc(Cl)ccc2O)c2ccccc12. The number of aromatic hydroxyl groups is 1. The molecule has 2 N–H and O–H groups in total. The second-order valence-corrected chi connectivity index (χ2v) is 5.55. The van der Waals surface area contributed by atoms with Gasteiger partial charge in [0.25, 0.3) is 0 Å². The number of hydrogen-bond donors (Lipinski definition) is 2. The summed E-state index contributed by atoms with van der Waals surface area (Å²) in [6, 6.07) is 13.2. The van der Waals surface area contributed by atoms with Crippen LogP contribution in [-0.2, 0) is 0 Å². The highest BCUT2D eigenvalue weighted by Crippen LogP contribution is 2.31. The van der Waals surface area contributed by atoms with Crippen molar-refractivity contribution in [2.45, 2.75) is 0 Å². The molecule has 2 heterocycles. The number of pyridine rings is 1. The van der Waals surface area contributed by atoms with Gasteiger partial charge in [0.2, 0.25) is 5.82 Å². The molecule has 118 valence electrons. The Balaban J connectivity index is 2.20. The number of H-pyrrole nitrogens is 1. The highest BCUT2D eigenvalue weighted by Gasteiger charge is 2.17. The number of nitrogens with zero attached hydrogens (tertiary/aromatic N) is 4. The third-order valence-corrected chi connectivity index (χ3v) is 3.91. The number of aromatic amines is 1. The summed E-state index contributed by atoms with van der Waals surface area (Å²) in [5.41, 5.74) is 1.23. The lowest BCUT2D eigenvalue weighted by molar-refractivity contribution is 0.473. The second-order valence-electron chi connectivity index (χ2n) is 5.11.